The second kappa shape index (κ2) is 5.23. The molecule has 0 radical (unpaired) electrons. The summed E-state index contributed by atoms with van der Waals surface area (Å²) in [6.07, 6.45) is 4.92. The summed E-state index contributed by atoms with van der Waals surface area (Å²) in [6.45, 7) is 5.69. The van der Waals surface area contributed by atoms with Crippen molar-refractivity contribution >= 4 is 6.03 Å². The van der Waals surface area contributed by atoms with Gasteiger partial charge in [-0.25, -0.2) is 4.79 Å². The van der Waals surface area contributed by atoms with Crippen molar-refractivity contribution in [2.75, 3.05) is 20.1 Å². The van der Waals surface area contributed by atoms with Crippen LogP contribution in [0.25, 0.3) is 0 Å². The Morgan fingerprint density at radius 1 is 1.21 bits per heavy atom. The number of rotatable bonds is 3. The van der Waals surface area contributed by atoms with Crippen LogP contribution in [0, 0.1) is 0 Å². The monoisotopic (exact) mass is 198 g/mol. The SMILES string of the molecule is CCN(CC)C(=O)N(C)C1CCCC1. The molecule has 0 aromatic heterocycles. The first-order valence-electron chi connectivity index (χ1n) is 5.72. The van der Waals surface area contributed by atoms with Crippen molar-refractivity contribution in [1.82, 2.24) is 9.80 Å². The fraction of sp³-hybridized carbons (Fsp3) is 0.909. The summed E-state index contributed by atoms with van der Waals surface area (Å²) in [6, 6.07) is 0.685. The van der Waals surface area contributed by atoms with E-state index in [0.717, 1.165) is 13.1 Å². The highest BCUT2D eigenvalue weighted by atomic mass is 16.2. The summed E-state index contributed by atoms with van der Waals surface area (Å²) < 4.78 is 0. The summed E-state index contributed by atoms with van der Waals surface area (Å²) in [5.74, 6) is 0. The molecule has 0 atom stereocenters. The maximum atomic E-state index is 11.9. The molecule has 14 heavy (non-hydrogen) atoms. The molecule has 0 bridgehead atoms. The van der Waals surface area contributed by atoms with Crippen LogP contribution in [0.2, 0.25) is 0 Å². The standard InChI is InChI=1S/C11H22N2O/c1-4-13(5-2)11(14)12(3)10-8-6-7-9-10/h10H,4-9H2,1-3H3. The molecule has 1 saturated carbocycles. The van der Waals surface area contributed by atoms with Crippen molar-refractivity contribution in [1.29, 1.82) is 0 Å². The van der Waals surface area contributed by atoms with Crippen LogP contribution in [0.3, 0.4) is 0 Å². The quantitative estimate of drug-likeness (QED) is 0.682. The molecule has 0 unspecified atom stereocenters. The summed E-state index contributed by atoms with van der Waals surface area (Å²) in [4.78, 5) is 15.8. The van der Waals surface area contributed by atoms with E-state index in [9.17, 15) is 4.79 Å². The number of urea groups is 1. The maximum absolute atomic E-state index is 11.9. The molecule has 0 aliphatic heterocycles. The van der Waals surface area contributed by atoms with Crippen LogP contribution in [0.5, 0.6) is 0 Å². The Hall–Kier alpha value is -0.730. The summed E-state index contributed by atoms with van der Waals surface area (Å²) in [5.41, 5.74) is 0. The molecule has 0 aromatic carbocycles. The van der Waals surface area contributed by atoms with Crippen molar-refractivity contribution in [3.05, 3.63) is 0 Å². The zero-order valence-corrected chi connectivity index (χ0v) is 9.62. The van der Waals surface area contributed by atoms with Gasteiger partial charge >= 0.3 is 6.03 Å². The minimum absolute atomic E-state index is 0.196. The van der Waals surface area contributed by atoms with Gasteiger partial charge in [0, 0.05) is 26.2 Å². The van der Waals surface area contributed by atoms with Crippen LogP contribution < -0.4 is 0 Å². The van der Waals surface area contributed by atoms with Gasteiger partial charge in [0.15, 0.2) is 0 Å². The van der Waals surface area contributed by atoms with Crippen LogP contribution in [0.15, 0.2) is 0 Å². The minimum atomic E-state index is 0.196. The molecule has 0 saturated heterocycles. The lowest BCUT2D eigenvalue weighted by atomic mass is 10.2. The highest BCUT2D eigenvalue weighted by molar-refractivity contribution is 5.74. The van der Waals surface area contributed by atoms with E-state index in [1.807, 2.05) is 30.7 Å². The smallest absolute Gasteiger partial charge is 0.319 e. The van der Waals surface area contributed by atoms with Gasteiger partial charge in [0.1, 0.15) is 0 Å². The lowest BCUT2D eigenvalue weighted by molar-refractivity contribution is 0.151. The van der Waals surface area contributed by atoms with Crippen LogP contribution in [-0.2, 0) is 0 Å². The van der Waals surface area contributed by atoms with E-state index in [1.54, 1.807) is 0 Å². The van der Waals surface area contributed by atoms with Gasteiger partial charge < -0.3 is 9.80 Å². The predicted molar refractivity (Wildman–Crippen MR) is 58.3 cm³/mol. The molecular formula is C11H22N2O. The van der Waals surface area contributed by atoms with Gasteiger partial charge in [0.25, 0.3) is 0 Å². The van der Waals surface area contributed by atoms with Crippen molar-refractivity contribution < 1.29 is 4.79 Å². The number of hydrogen-bond acceptors (Lipinski definition) is 1. The average Bonchev–Trinajstić information content (AvgIpc) is 2.71. The molecule has 1 aliphatic carbocycles. The Morgan fingerprint density at radius 3 is 2.14 bits per heavy atom. The Balaban J connectivity index is 2.49. The van der Waals surface area contributed by atoms with Gasteiger partial charge in [0.05, 0.1) is 0 Å². The van der Waals surface area contributed by atoms with Crippen molar-refractivity contribution in [2.45, 2.75) is 45.6 Å². The van der Waals surface area contributed by atoms with Gasteiger partial charge in [-0.15, -0.1) is 0 Å². The summed E-state index contributed by atoms with van der Waals surface area (Å²) >= 11 is 0. The molecule has 3 nitrogen and oxygen atoms in total. The maximum Gasteiger partial charge on any atom is 0.319 e. The fourth-order valence-corrected chi connectivity index (χ4v) is 2.16. The second-order valence-electron chi connectivity index (χ2n) is 4.00. The van der Waals surface area contributed by atoms with Crippen molar-refractivity contribution in [3.8, 4) is 0 Å². The molecule has 0 N–H and O–H groups in total. The second-order valence-corrected chi connectivity index (χ2v) is 4.00. The Kier molecular flexibility index (Phi) is 4.23. The van der Waals surface area contributed by atoms with Crippen molar-refractivity contribution in [3.63, 3.8) is 0 Å². The molecule has 1 aliphatic rings. The molecular weight excluding hydrogens is 176 g/mol. The van der Waals surface area contributed by atoms with Gasteiger partial charge in [-0.1, -0.05) is 12.8 Å². The first-order valence-corrected chi connectivity index (χ1v) is 5.72. The summed E-state index contributed by atoms with van der Waals surface area (Å²) in [7, 11) is 1.94. The van der Waals surface area contributed by atoms with E-state index in [2.05, 4.69) is 0 Å². The zero-order chi connectivity index (χ0) is 10.6. The molecule has 3 heteroatoms. The van der Waals surface area contributed by atoms with E-state index in [0.29, 0.717) is 6.04 Å². The summed E-state index contributed by atoms with van der Waals surface area (Å²) in [5, 5.41) is 0. The Morgan fingerprint density at radius 2 is 1.71 bits per heavy atom. The van der Waals surface area contributed by atoms with Crippen LogP contribution in [0.1, 0.15) is 39.5 Å². The average molecular weight is 198 g/mol. The number of nitrogens with zero attached hydrogens (tertiary/aromatic N) is 2. The zero-order valence-electron chi connectivity index (χ0n) is 9.62. The van der Waals surface area contributed by atoms with Gasteiger partial charge in [-0.2, -0.15) is 0 Å². The largest absolute Gasteiger partial charge is 0.325 e. The van der Waals surface area contributed by atoms with Gasteiger partial charge in [0.2, 0.25) is 0 Å². The number of carbonyl (C=O) groups is 1. The van der Waals surface area contributed by atoms with E-state index in [4.69, 9.17) is 0 Å². The molecule has 1 fully saturated rings. The van der Waals surface area contributed by atoms with Crippen LogP contribution in [0.4, 0.5) is 4.79 Å². The highest BCUT2D eigenvalue weighted by Crippen LogP contribution is 2.23. The molecule has 1 rings (SSSR count). The van der Waals surface area contributed by atoms with Crippen LogP contribution >= 0.6 is 0 Å². The minimum Gasteiger partial charge on any atom is -0.325 e. The number of hydrogen-bond donors (Lipinski definition) is 0. The van der Waals surface area contributed by atoms with Gasteiger partial charge in [-0.05, 0) is 26.7 Å². The number of amides is 2. The van der Waals surface area contributed by atoms with E-state index in [1.165, 1.54) is 25.7 Å². The van der Waals surface area contributed by atoms with Crippen LogP contribution in [-0.4, -0.2) is 42.0 Å². The van der Waals surface area contributed by atoms with Crippen molar-refractivity contribution in [2.24, 2.45) is 0 Å². The van der Waals surface area contributed by atoms with E-state index >= 15 is 0 Å². The third kappa shape index (κ3) is 2.40. The normalized spacial score (nSPS) is 17.1. The predicted octanol–water partition coefficient (Wildman–Crippen LogP) is 2.32. The topological polar surface area (TPSA) is 23.6 Å². The molecule has 2 amide bonds. The van der Waals surface area contributed by atoms with E-state index < -0.39 is 0 Å². The van der Waals surface area contributed by atoms with E-state index in [-0.39, 0.29) is 6.03 Å². The Labute approximate surface area is 87.1 Å². The third-order valence-corrected chi connectivity index (χ3v) is 3.21. The lowest BCUT2D eigenvalue weighted by Gasteiger charge is -2.30. The first-order chi connectivity index (χ1) is 6.70. The van der Waals surface area contributed by atoms with Gasteiger partial charge in [-0.3, -0.25) is 0 Å². The third-order valence-electron chi connectivity index (χ3n) is 3.21. The fourth-order valence-electron chi connectivity index (χ4n) is 2.16. The molecule has 0 heterocycles. The highest BCUT2D eigenvalue weighted by Gasteiger charge is 2.25. The number of carbonyl (C=O) groups excluding carboxylic acids is 1. The molecule has 0 aromatic rings. The molecule has 0 spiro atoms. The molecule has 82 valence electrons. The lowest BCUT2D eigenvalue weighted by Crippen LogP contribution is -2.45. The first kappa shape index (κ1) is 11.3. The Bertz CT molecular complexity index is 184.